The molecule has 0 unspecified atom stereocenters. The summed E-state index contributed by atoms with van der Waals surface area (Å²) in [6.07, 6.45) is -0.297. The van der Waals surface area contributed by atoms with Gasteiger partial charge < -0.3 is 9.64 Å². The van der Waals surface area contributed by atoms with Crippen molar-refractivity contribution in [1.29, 1.82) is 0 Å². The van der Waals surface area contributed by atoms with Crippen LogP contribution >= 0.6 is 0 Å². The molecule has 0 bridgehead atoms. The normalized spacial score (nSPS) is 25.0. The van der Waals surface area contributed by atoms with E-state index in [1.165, 1.54) is 4.90 Å². The minimum Gasteiger partial charge on any atom is -0.444 e. The summed E-state index contributed by atoms with van der Waals surface area (Å²) >= 11 is 0. The molecule has 2 fully saturated rings. The monoisotopic (exact) mass is 303 g/mol. The molecule has 1 heterocycles. The van der Waals surface area contributed by atoms with Gasteiger partial charge in [-0.25, -0.2) is 13.6 Å². The van der Waals surface area contributed by atoms with E-state index in [-0.39, 0.29) is 50.9 Å². The Morgan fingerprint density at radius 1 is 1.19 bits per heavy atom. The molecule has 0 radical (unpaired) electrons. The van der Waals surface area contributed by atoms with Crippen molar-refractivity contribution in [2.24, 2.45) is 0 Å². The van der Waals surface area contributed by atoms with Gasteiger partial charge >= 0.3 is 6.09 Å². The van der Waals surface area contributed by atoms with Crippen molar-refractivity contribution in [3.05, 3.63) is 0 Å². The van der Waals surface area contributed by atoms with Crippen molar-refractivity contribution >= 4 is 11.9 Å². The molecule has 1 spiro atoms. The van der Waals surface area contributed by atoms with E-state index < -0.39 is 23.2 Å². The minimum atomic E-state index is -2.69. The highest BCUT2D eigenvalue weighted by Gasteiger charge is 2.51. The smallest absolute Gasteiger partial charge is 0.410 e. The molecule has 4 nitrogen and oxygen atoms in total. The summed E-state index contributed by atoms with van der Waals surface area (Å²) in [7, 11) is 0. The topological polar surface area (TPSA) is 46.6 Å². The zero-order valence-corrected chi connectivity index (χ0v) is 12.9. The maximum atomic E-state index is 13.4. The van der Waals surface area contributed by atoms with Crippen LogP contribution in [0.4, 0.5) is 13.6 Å². The van der Waals surface area contributed by atoms with E-state index in [0.29, 0.717) is 0 Å². The SMILES string of the molecule is CC(C)(C)OC(=O)N1CCC(=O)CC12CCC(F)(F)CC2. The van der Waals surface area contributed by atoms with E-state index in [1.807, 2.05) is 0 Å². The number of alkyl halides is 2. The molecule has 2 rings (SSSR count). The van der Waals surface area contributed by atoms with E-state index in [0.717, 1.165) is 0 Å². The van der Waals surface area contributed by atoms with Gasteiger partial charge in [0.05, 0.1) is 5.54 Å². The lowest BCUT2D eigenvalue weighted by Crippen LogP contribution is -2.59. The molecule has 1 amide bonds. The van der Waals surface area contributed by atoms with E-state index in [4.69, 9.17) is 4.74 Å². The molecule has 0 aromatic heterocycles. The zero-order valence-electron chi connectivity index (χ0n) is 12.9. The maximum absolute atomic E-state index is 13.4. The van der Waals surface area contributed by atoms with Crippen molar-refractivity contribution in [2.45, 2.75) is 76.4 Å². The Hall–Kier alpha value is -1.20. The zero-order chi connectivity index (χ0) is 15.9. The first-order valence-electron chi connectivity index (χ1n) is 7.43. The summed E-state index contributed by atoms with van der Waals surface area (Å²) in [6.45, 7) is 5.56. The number of carbonyl (C=O) groups excluding carboxylic acids is 2. The average Bonchev–Trinajstić information content (AvgIpc) is 2.31. The van der Waals surface area contributed by atoms with Gasteiger partial charge in [0, 0.05) is 32.2 Å². The summed E-state index contributed by atoms with van der Waals surface area (Å²) in [5.74, 6) is -2.65. The van der Waals surface area contributed by atoms with Crippen molar-refractivity contribution in [3.63, 3.8) is 0 Å². The standard InChI is InChI=1S/C15H23F2NO3/c1-13(2,3)21-12(20)18-9-4-11(19)10-14(18)5-7-15(16,17)8-6-14/h4-10H2,1-3H3. The lowest BCUT2D eigenvalue weighted by molar-refractivity contribution is -0.133. The summed E-state index contributed by atoms with van der Waals surface area (Å²) < 4.78 is 32.2. The number of halogens is 2. The Balaban J connectivity index is 2.18. The van der Waals surface area contributed by atoms with Crippen LogP contribution in [0.1, 0.15) is 59.3 Å². The minimum absolute atomic E-state index is 0.0417. The van der Waals surface area contributed by atoms with Gasteiger partial charge in [0.1, 0.15) is 11.4 Å². The predicted octanol–water partition coefficient (Wildman–Crippen LogP) is 3.53. The number of Topliss-reactive ketones (excluding diaryl/α,β-unsaturated/α-hetero) is 1. The molecule has 6 heteroatoms. The van der Waals surface area contributed by atoms with E-state index >= 15 is 0 Å². The highest BCUT2D eigenvalue weighted by atomic mass is 19.3. The molecule has 0 N–H and O–H groups in total. The van der Waals surface area contributed by atoms with Gasteiger partial charge in [-0.05, 0) is 33.6 Å². The van der Waals surface area contributed by atoms with Crippen molar-refractivity contribution in [1.82, 2.24) is 4.90 Å². The van der Waals surface area contributed by atoms with Crippen LogP contribution in [0.15, 0.2) is 0 Å². The third-order valence-corrected chi connectivity index (χ3v) is 4.24. The Bertz CT molecular complexity index is 433. The molecule has 1 aliphatic carbocycles. The van der Waals surface area contributed by atoms with Crippen LogP contribution in [0.2, 0.25) is 0 Å². The number of likely N-dealkylation sites (tertiary alicyclic amines) is 1. The van der Waals surface area contributed by atoms with Gasteiger partial charge in [-0.2, -0.15) is 0 Å². The van der Waals surface area contributed by atoms with Crippen molar-refractivity contribution in [3.8, 4) is 0 Å². The number of amides is 1. The number of rotatable bonds is 0. The maximum Gasteiger partial charge on any atom is 0.410 e. The number of ether oxygens (including phenoxy) is 1. The highest BCUT2D eigenvalue weighted by molar-refractivity contribution is 5.83. The molecular formula is C15H23F2NO3. The fraction of sp³-hybridized carbons (Fsp3) is 0.867. The van der Waals surface area contributed by atoms with E-state index in [1.54, 1.807) is 20.8 Å². The fourth-order valence-corrected chi connectivity index (χ4v) is 3.15. The van der Waals surface area contributed by atoms with Crippen LogP contribution in [0.5, 0.6) is 0 Å². The second-order valence-corrected chi connectivity index (χ2v) is 7.18. The second-order valence-electron chi connectivity index (χ2n) is 7.18. The quantitative estimate of drug-likeness (QED) is 0.687. The first kappa shape index (κ1) is 16.2. The average molecular weight is 303 g/mol. The number of hydrogen-bond donors (Lipinski definition) is 0. The number of nitrogens with zero attached hydrogens (tertiary/aromatic N) is 1. The third-order valence-electron chi connectivity index (χ3n) is 4.24. The first-order valence-corrected chi connectivity index (χ1v) is 7.43. The molecule has 1 saturated heterocycles. The van der Waals surface area contributed by atoms with Gasteiger partial charge in [0.2, 0.25) is 5.92 Å². The molecule has 21 heavy (non-hydrogen) atoms. The van der Waals surface area contributed by atoms with Gasteiger partial charge in [-0.3, -0.25) is 4.79 Å². The highest BCUT2D eigenvalue weighted by Crippen LogP contribution is 2.45. The molecule has 2 aliphatic rings. The van der Waals surface area contributed by atoms with Crippen LogP contribution in [0, 0.1) is 0 Å². The Morgan fingerprint density at radius 2 is 1.76 bits per heavy atom. The largest absolute Gasteiger partial charge is 0.444 e. The van der Waals surface area contributed by atoms with Gasteiger partial charge in [0.15, 0.2) is 0 Å². The number of ketones is 1. The van der Waals surface area contributed by atoms with Crippen LogP contribution < -0.4 is 0 Å². The van der Waals surface area contributed by atoms with Crippen molar-refractivity contribution in [2.75, 3.05) is 6.54 Å². The fourth-order valence-electron chi connectivity index (χ4n) is 3.15. The van der Waals surface area contributed by atoms with Gasteiger partial charge in [-0.15, -0.1) is 0 Å². The summed E-state index contributed by atoms with van der Waals surface area (Å²) in [5, 5.41) is 0. The van der Waals surface area contributed by atoms with E-state index in [2.05, 4.69) is 0 Å². The molecular weight excluding hydrogens is 280 g/mol. The predicted molar refractivity (Wildman–Crippen MR) is 73.3 cm³/mol. The Labute approximate surface area is 123 Å². The molecule has 120 valence electrons. The van der Waals surface area contributed by atoms with Crippen molar-refractivity contribution < 1.29 is 23.1 Å². The summed E-state index contributed by atoms with van der Waals surface area (Å²) in [5.41, 5.74) is -1.42. The van der Waals surface area contributed by atoms with E-state index in [9.17, 15) is 18.4 Å². The number of carbonyl (C=O) groups is 2. The third kappa shape index (κ3) is 3.71. The van der Waals surface area contributed by atoms with Crippen LogP contribution in [-0.2, 0) is 9.53 Å². The number of piperidine rings is 1. The molecule has 1 saturated carbocycles. The van der Waals surface area contributed by atoms with Gasteiger partial charge in [0.25, 0.3) is 0 Å². The van der Waals surface area contributed by atoms with Crippen LogP contribution in [-0.4, -0.2) is 40.4 Å². The molecule has 0 atom stereocenters. The Morgan fingerprint density at radius 3 is 2.29 bits per heavy atom. The lowest BCUT2D eigenvalue weighted by Gasteiger charge is -2.49. The summed E-state index contributed by atoms with van der Waals surface area (Å²) in [4.78, 5) is 25.7. The second kappa shape index (κ2) is 5.21. The molecule has 1 aliphatic heterocycles. The van der Waals surface area contributed by atoms with Crippen LogP contribution in [0.25, 0.3) is 0 Å². The Kier molecular flexibility index (Phi) is 4.02. The molecule has 0 aromatic rings. The van der Waals surface area contributed by atoms with Crippen LogP contribution in [0.3, 0.4) is 0 Å². The molecule has 0 aromatic carbocycles. The lowest BCUT2D eigenvalue weighted by atomic mass is 9.73. The first-order chi connectivity index (χ1) is 9.53. The summed E-state index contributed by atoms with van der Waals surface area (Å²) in [6, 6.07) is 0. The van der Waals surface area contributed by atoms with Gasteiger partial charge in [-0.1, -0.05) is 0 Å². The number of hydrogen-bond acceptors (Lipinski definition) is 3.